The summed E-state index contributed by atoms with van der Waals surface area (Å²) in [5, 5.41) is 9.58. The number of aromatic hydroxyl groups is 1. The third kappa shape index (κ3) is 3.47. The summed E-state index contributed by atoms with van der Waals surface area (Å²) in [5.41, 5.74) is 1.93. The van der Waals surface area contributed by atoms with Gasteiger partial charge in [-0.15, -0.1) is 0 Å². The van der Waals surface area contributed by atoms with Gasteiger partial charge >= 0.3 is 5.97 Å². The molecule has 0 aromatic heterocycles. The number of unbranched alkanes of at least 4 members (excludes halogenated alkanes) is 1. The average molecular weight is 312 g/mol. The second kappa shape index (κ2) is 6.73. The number of fused-ring (bicyclic) bond motifs is 1. The van der Waals surface area contributed by atoms with Crippen molar-refractivity contribution < 1.29 is 19.4 Å². The zero-order valence-electron chi connectivity index (χ0n) is 13.1. The zero-order chi connectivity index (χ0) is 16.2. The van der Waals surface area contributed by atoms with Gasteiger partial charge < -0.3 is 14.6 Å². The highest BCUT2D eigenvalue weighted by molar-refractivity contribution is 5.78. The van der Waals surface area contributed by atoms with Gasteiger partial charge in [-0.3, -0.25) is 4.79 Å². The van der Waals surface area contributed by atoms with E-state index in [2.05, 4.69) is 6.92 Å². The van der Waals surface area contributed by atoms with Gasteiger partial charge in [-0.25, -0.2) is 0 Å². The molecule has 1 unspecified atom stereocenters. The number of hydrogen-bond acceptors (Lipinski definition) is 4. The van der Waals surface area contributed by atoms with E-state index in [1.807, 2.05) is 30.3 Å². The van der Waals surface area contributed by atoms with Crippen LogP contribution in [0.2, 0.25) is 0 Å². The Morgan fingerprint density at radius 3 is 2.96 bits per heavy atom. The Balaban J connectivity index is 1.90. The molecule has 4 heteroatoms. The van der Waals surface area contributed by atoms with E-state index < -0.39 is 0 Å². The molecule has 0 fully saturated rings. The third-order valence-corrected chi connectivity index (χ3v) is 3.99. The average Bonchev–Trinajstić information content (AvgIpc) is 2.54. The Hall–Kier alpha value is -2.49. The molecule has 0 amide bonds. The Labute approximate surface area is 135 Å². The number of ether oxygens (including phenoxy) is 2. The van der Waals surface area contributed by atoms with Gasteiger partial charge in [0.15, 0.2) is 0 Å². The summed E-state index contributed by atoms with van der Waals surface area (Å²) >= 11 is 0. The van der Waals surface area contributed by atoms with E-state index in [0.717, 1.165) is 29.7 Å². The molecule has 120 valence electrons. The van der Waals surface area contributed by atoms with Crippen molar-refractivity contribution >= 4 is 5.97 Å². The van der Waals surface area contributed by atoms with Crippen molar-refractivity contribution in [2.24, 2.45) is 0 Å². The monoisotopic (exact) mass is 312 g/mol. The van der Waals surface area contributed by atoms with Gasteiger partial charge in [0.05, 0.1) is 13.0 Å². The number of phenolic OH excluding ortho intramolecular Hbond substituents is 1. The van der Waals surface area contributed by atoms with Gasteiger partial charge in [0.2, 0.25) is 0 Å². The molecule has 23 heavy (non-hydrogen) atoms. The molecule has 0 saturated carbocycles. The Bertz CT molecular complexity index is 708. The number of rotatable bonds is 5. The minimum atomic E-state index is -0.287. The summed E-state index contributed by atoms with van der Waals surface area (Å²) in [6.45, 7) is 2.82. The minimum absolute atomic E-state index is 0.0819. The van der Waals surface area contributed by atoms with Gasteiger partial charge in [-0.1, -0.05) is 31.5 Å². The molecule has 1 aliphatic heterocycles. The highest BCUT2D eigenvalue weighted by Crippen LogP contribution is 2.40. The molecule has 2 aromatic rings. The van der Waals surface area contributed by atoms with Crippen LogP contribution >= 0.6 is 0 Å². The number of esters is 1. The summed E-state index contributed by atoms with van der Waals surface area (Å²) in [6, 6.07) is 12.8. The largest absolute Gasteiger partial charge is 0.508 e. The van der Waals surface area contributed by atoms with E-state index >= 15 is 0 Å². The lowest BCUT2D eigenvalue weighted by Gasteiger charge is -2.25. The standard InChI is InChI=1S/C19H20O4/c1-2-3-9-22-15-6-4-5-13(10-15)17-12-19(21)23-18-11-14(20)7-8-16(17)18/h4-8,10-11,17,20H,2-3,9,12H2,1H3. The molecule has 0 radical (unpaired) electrons. The molecular weight excluding hydrogens is 292 g/mol. The molecule has 0 bridgehead atoms. The van der Waals surface area contributed by atoms with Crippen LogP contribution in [0.1, 0.15) is 43.2 Å². The van der Waals surface area contributed by atoms with Crippen LogP contribution in [0.4, 0.5) is 0 Å². The maximum atomic E-state index is 11.9. The number of hydrogen-bond donors (Lipinski definition) is 1. The lowest BCUT2D eigenvalue weighted by Crippen LogP contribution is -2.20. The fourth-order valence-electron chi connectivity index (χ4n) is 2.79. The number of carbonyl (C=O) groups excluding carboxylic acids is 1. The van der Waals surface area contributed by atoms with Gasteiger partial charge in [0, 0.05) is 17.5 Å². The lowest BCUT2D eigenvalue weighted by atomic mass is 9.86. The van der Waals surface area contributed by atoms with Gasteiger partial charge in [-0.2, -0.15) is 0 Å². The molecule has 2 aromatic carbocycles. The predicted octanol–water partition coefficient (Wildman–Crippen LogP) is 4.01. The minimum Gasteiger partial charge on any atom is -0.508 e. The normalized spacial score (nSPS) is 16.6. The smallest absolute Gasteiger partial charge is 0.312 e. The first kappa shape index (κ1) is 15.4. The van der Waals surface area contributed by atoms with Crippen LogP contribution in [0.3, 0.4) is 0 Å². The summed E-state index contributed by atoms with van der Waals surface area (Å²) < 4.78 is 11.0. The quantitative estimate of drug-likeness (QED) is 0.515. The first-order valence-corrected chi connectivity index (χ1v) is 7.93. The van der Waals surface area contributed by atoms with Crippen molar-refractivity contribution in [3.05, 3.63) is 53.6 Å². The summed E-state index contributed by atoms with van der Waals surface area (Å²) in [4.78, 5) is 11.9. The van der Waals surface area contributed by atoms with Crippen LogP contribution in [-0.2, 0) is 4.79 Å². The van der Waals surface area contributed by atoms with Crippen LogP contribution in [-0.4, -0.2) is 17.7 Å². The Kier molecular flexibility index (Phi) is 4.51. The molecule has 1 atom stereocenters. The number of benzene rings is 2. The maximum absolute atomic E-state index is 11.9. The van der Waals surface area contributed by atoms with E-state index in [4.69, 9.17) is 9.47 Å². The highest BCUT2D eigenvalue weighted by atomic mass is 16.5. The van der Waals surface area contributed by atoms with Crippen molar-refractivity contribution in [2.75, 3.05) is 6.61 Å². The van der Waals surface area contributed by atoms with Gasteiger partial charge in [-0.05, 0) is 30.2 Å². The fraction of sp³-hybridized carbons (Fsp3) is 0.316. The molecule has 1 aliphatic rings. The first-order valence-electron chi connectivity index (χ1n) is 7.93. The van der Waals surface area contributed by atoms with Crippen molar-refractivity contribution in [2.45, 2.75) is 32.1 Å². The van der Waals surface area contributed by atoms with Crippen molar-refractivity contribution in [3.8, 4) is 17.2 Å². The zero-order valence-corrected chi connectivity index (χ0v) is 13.1. The molecule has 3 rings (SSSR count). The number of phenols is 1. The molecule has 4 nitrogen and oxygen atoms in total. The van der Waals surface area contributed by atoms with E-state index in [9.17, 15) is 9.90 Å². The van der Waals surface area contributed by atoms with Crippen LogP contribution in [0.15, 0.2) is 42.5 Å². The fourth-order valence-corrected chi connectivity index (χ4v) is 2.79. The first-order chi connectivity index (χ1) is 11.2. The molecule has 0 spiro atoms. The SMILES string of the molecule is CCCCOc1cccc(C2CC(=O)Oc3cc(O)ccc32)c1. The summed E-state index contributed by atoms with van der Waals surface area (Å²) in [7, 11) is 0. The summed E-state index contributed by atoms with van der Waals surface area (Å²) in [5.74, 6) is 0.972. The molecule has 0 saturated heterocycles. The van der Waals surface area contributed by atoms with Gasteiger partial charge in [0.25, 0.3) is 0 Å². The Morgan fingerprint density at radius 1 is 1.26 bits per heavy atom. The molecule has 0 aliphatic carbocycles. The maximum Gasteiger partial charge on any atom is 0.312 e. The van der Waals surface area contributed by atoms with E-state index in [1.54, 1.807) is 6.07 Å². The predicted molar refractivity (Wildman–Crippen MR) is 87.0 cm³/mol. The van der Waals surface area contributed by atoms with Crippen molar-refractivity contribution in [1.29, 1.82) is 0 Å². The van der Waals surface area contributed by atoms with Crippen LogP contribution < -0.4 is 9.47 Å². The second-order valence-electron chi connectivity index (χ2n) is 5.73. The van der Waals surface area contributed by atoms with Crippen molar-refractivity contribution in [3.63, 3.8) is 0 Å². The Morgan fingerprint density at radius 2 is 2.13 bits per heavy atom. The van der Waals surface area contributed by atoms with E-state index in [-0.39, 0.29) is 24.1 Å². The van der Waals surface area contributed by atoms with E-state index in [1.165, 1.54) is 6.07 Å². The second-order valence-corrected chi connectivity index (χ2v) is 5.73. The highest BCUT2D eigenvalue weighted by Gasteiger charge is 2.28. The summed E-state index contributed by atoms with van der Waals surface area (Å²) in [6.07, 6.45) is 2.39. The van der Waals surface area contributed by atoms with Crippen LogP contribution in [0.5, 0.6) is 17.2 Å². The van der Waals surface area contributed by atoms with Crippen LogP contribution in [0.25, 0.3) is 0 Å². The van der Waals surface area contributed by atoms with E-state index in [0.29, 0.717) is 12.4 Å². The molecule has 1 heterocycles. The molecular formula is C19H20O4. The molecule has 1 N–H and O–H groups in total. The third-order valence-electron chi connectivity index (χ3n) is 3.99. The topological polar surface area (TPSA) is 55.8 Å². The number of carbonyl (C=O) groups is 1. The van der Waals surface area contributed by atoms with Crippen LogP contribution in [0, 0.1) is 0 Å². The lowest BCUT2D eigenvalue weighted by molar-refractivity contribution is -0.135. The van der Waals surface area contributed by atoms with Crippen molar-refractivity contribution in [1.82, 2.24) is 0 Å². The van der Waals surface area contributed by atoms with Gasteiger partial charge in [0.1, 0.15) is 17.2 Å².